The SMILES string of the molecule is Cc1cc(S(=O)(=O)NC(=O)c2ccc(C3=CCN(CC4=C(c5ccc(Cl)cc5)CCCC4)CC3)cc2)ccc1N. The highest BCUT2D eigenvalue weighted by atomic mass is 35.5. The molecular weight excluding hydrogens is 542 g/mol. The van der Waals surface area contributed by atoms with E-state index in [2.05, 4.69) is 27.8 Å². The maximum absolute atomic E-state index is 12.7. The van der Waals surface area contributed by atoms with Crippen LogP contribution in [-0.2, 0) is 10.0 Å². The van der Waals surface area contributed by atoms with Crippen LogP contribution in [0.4, 0.5) is 5.69 Å². The Hall–Kier alpha value is -3.39. The van der Waals surface area contributed by atoms with Gasteiger partial charge in [-0.15, -0.1) is 0 Å². The minimum Gasteiger partial charge on any atom is -0.399 e. The van der Waals surface area contributed by atoms with E-state index in [1.54, 1.807) is 19.1 Å². The van der Waals surface area contributed by atoms with Crippen LogP contribution in [-0.4, -0.2) is 38.9 Å². The Morgan fingerprint density at radius 2 is 1.65 bits per heavy atom. The van der Waals surface area contributed by atoms with Crippen LogP contribution < -0.4 is 10.5 Å². The van der Waals surface area contributed by atoms with E-state index in [9.17, 15) is 13.2 Å². The Morgan fingerprint density at radius 3 is 2.33 bits per heavy atom. The topological polar surface area (TPSA) is 92.5 Å². The van der Waals surface area contributed by atoms with Crippen molar-refractivity contribution in [3.05, 3.63) is 106 Å². The first-order valence-electron chi connectivity index (χ1n) is 13.6. The van der Waals surface area contributed by atoms with Crippen molar-refractivity contribution in [2.45, 2.75) is 43.9 Å². The van der Waals surface area contributed by atoms with Crippen molar-refractivity contribution >= 4 is 44.4 Å². The number of carbonyl (C=O) groups is 1. The molecule has 3 aromatic rings. The van der Waals surface area contributed by atoms with E-state index in [-0.39, 0.29) is 10.5 Å². The van der Waals surface area contributed by atoms with Crippen LogP contribution in [0.1, 0.15) is 59.2 Å². The fourth-order valence-electron chi connectivity index (χ4n) is 5.42. The predicted octanol–water partition coefficient (Wildman–Crippen LogP) is 6.47. The van der Waals surface area contributed by atoms with Gasteiger partial charge in [0, 0.05) is 35.9 Å². The number of allylic oxidation sites excluding steroid dienone is 1. The Kier molecular flexibility index (Phi) is 8.45. The zero-order valence-electron chi connectivity index (χ0n) is 22.6. The molecular formula is C32H34ClN3O3S. The first-order valence-corrected chi connectivity index (χ1v) is 15.5. The molecule has 3 aromatic carbocycles. The van der Waals surface area contributed by atoms with Gasteiger partial charge in [0.1, 0.15) is 0 Å². The third-order valence-corrected chi connectivity index (χ3v) is 9.36. The molecule has 208 valence electrons. The number of nitrogen functional groups attached to an aromatic ring is 1. The van der Waals surface area contributed by atoms with Crippen LogP contribution >= 0.6 is 11.6 Å². The number of amides is 1. The number of sulfonamides is 1. The van der Waals surface area contributed by atoms with E-state index in [4.69, 9.17) is 17.3 Å². The molecule has 5 rings (SSSR count). The molecule has 6 nitrogen and oxygen atoms in total. The van der Waals surface area contributed by atoms with Gasteiger partial charge >= 0.3 is 0 Å². The highest BCUT2D eigenvalue weighted by Gasteiger charge is 2.21. The zero-order chi connectivity index (χ0) is 28.3. The summed E-state index contributed by atoms with van der Waals surface area (Å²) in [5.41, 5.74) is 13.8. The second-order valence-electron chi connectivity index (χ2n) is 10.5. The Bertz CT molecular complexity index is 1580. The summed E-state index contributed by atoms with van der Waals surface area (Å²) in [4.78, 5) is 15.2. The van der Waals surface area contributed by atoms with Gasteiger partial charge < -0.3 is 5.73 Å². The van der Waals surface area contributed by atoms with Crippen molar-refractivity contribution in [3.8, 4) is 0 Å². The minimum absolute atomic E-state index is 0.00496. The number of halogens is 1. The largest absolute Gasteiger partial charge is 0.399 e. The van der Waals surface area contributed by atoms with E-state index in [0.29, 0.717) is 11.3 Å². The summed E-state index contributed by atoms with van der Waals surface area (Å²) in [6, 6.07) is 19.7. The third-order valence-electron chi connectivity index (χ3n) is 7.78. The molecule has 0 spiro atoms. The summed E-state index contributed by atoms with van der Waals surface area (Å²) in [6.45, 7) is 4.53. The van der Waals surface area contributed by atoms with Crippen LogP contribution in [0, 0.1) is 6.92 Å². The maximum Gasteiger partial charge on any atom is 0.264 e. The second-order valence-corrected chi connectivity index (χ2v) is 12.7. The molecule has 1 aliphatic carbocycles. The molecule has 1 aliphatic heterocycles. The van der Waals surface area contributed by atoms with E-state index in [1.165, 1.54) is 53.3 Å². The molecule has 0 aromatic heterocycles. The smallest absolute Gasteiger partial charge is 0.264 e. The summed E-state index contributed by atoms with van der Waals surface area (Å²) in [7, 11) is -4.00. The molecule has 40 heavy (non-hydrogen) atoms. The standard InChI is InChI=1S/C32H34ClN3O3S/c1-22-20-29(14-15-31(22)34)40(38,39)35-32(37)26-8-6-23(7-9-26)24-16-18-36(19-17-24)21-27-4-2-3-5-30(27)25-10-12-28(33)13-11-25/h6-16,20H,2-5,17-19,21,34H2,1H3,(H,35,37). The molecule has 0 saturated heterocycles. The van der Waals surface area contributed by atoms with Crippen LogP contribution in [0.5, 0.6) is 0 Å². The number of nitrogens with zero attached hydrogens (tertiary/aromatic N) is 1. The molecule has 0 radical (unpaired) electrons. The van der Waals surface area contributed by atoms with Gasteiger partial charge in [0.15, 0.2) is 0 Å². The molecule has 1 amide bonds. The summed E-state index contributed by atoms with van der Waals surface area (Å²) in [5, 5.41) is 0.766. The Balaban J connectivity index is 1.22. The number of anilines is 1. The lowest BCUT2D eigenvalue weighted by Crippen LogP contribution is -2.31. The van der Waals surface area contributed by atoms with Crippen molar-refractivity contribution in [1.29, 1.82) is 0 Å². The zero-order valence-corrected chi connectivity index (χ0v) is 24.2. The van der Waals surface area contributed by atoms with E-state index < -0.39 is 15.9 Å². The lowest BCUT2D eigenvalue weighted by Gasteiger charge is -2.30. The molecule has 1 heterocycles. The summed E-state index contributed by atoms with van der Waals surface area (Å²) in [5.74, 6) is -0.665. The fourth-order valence-corrected chi connectivity index (χ4v) is 6.60. The quantitative estimate of drug-likeness (QED) is 0.315. The molecule has 0 unspecified atom stereocenters. The van der Waals surface area contributed by atoms with Gasteiger partial charge in [-0.05, 0) is 109 Å². The molecule has 8 heteroatoms. The first kappa shape index (κ1) is 28.1. The summed E-state index contributed by atoms with van der Waals surface area (Å²) < 4.78 is 27.5. The second kappa shape index (κ2) is 12.0. The predicted molar refractivity (Wildman–Crippen MR) is 163 cm³/mol. The van der Waals surface area contributed by atoms with Gasteiger partial charge in [-0.3, -0.25) is 9.69 Å². The summed E-state index contributed by atoms with van der Waals surface area (Å²) in [6.07, 6.45) is 7.90. The minimum atomic E-state index is -4.00. The van der Waals surface area contributed by atoms with Crippen LogP contribution in [0.15, 0.2) is 83.3 Å². The van der Waals surface area contributed by atoms with Gasteiger partial charge in [0.25, 0.3) is 15.9 Å². The van der Waals surface area contributed by atoms with Crippen molar-refractivity contribution in [2.24, 2.45) is 0 Å². The number of rotatable bonds is 7. The Morgan fingerprint density at radius 1 is 0.950 bits per heavy atom. The molecule has 0 atom stereocenters. The Labute approximate surface area is 241 Å². The number of aryl methyl sites for hydroxylation is 1. The summed E-state index contributed by atoms with van der Waals surface area (Å²) >= 11 is 6.11. The fraction of sp³-hybridized carbons (Fsp3) is 0.281. The highest BCUT2D eigenvalue weighted by Crippen LogP contribution is 2.34. The molecule has 0 fully saturated rings. The van der Waals surface area contributed by atoms with Crippen molar-refractivity contribution < 1.29 is 13.2 Å². The number of nitrogens with one attached hydrogen (secondary N) is 1. The lowest BCUT2D eigenvalue weighted by molar-refractivity contribution is 0.0981. The van der Waals surface area contributed by atoms with Gasteiger partial charge in [-0.1, -0.05) is 47.5 Å². The van der Waals surface area contributed by atoms with Gasteiger partial charge in [-0.2, -0.15) is 0 Å². The van der Waals surface area contributed by atoms with Crippen molar-refractivity contribution in [3.63, 3.8) is 0 Å². The first-order chi connectivity index (χ1) is 19.2. The lowest BCUT2D eigenvalue weighted by atomic mass is 9.87. The van der Waals surface area contributed by atoms with Crippen molar-refractivity contribution in [2.75, 3.05) is 25.4 Å². The normalized spacial score (nSPS) is 16.5. The third kappa shape index (κ3) is 6.49. The van der Waals surface area contributed by atoms with Crippen LogP contribution in [0.2, 0.25) is 5.02 Å². The maximum atomic E-state index is 12.7. The average Bonchev–Trinajstić information content (AvgIpc) is 2.95. The number of benzene rings is 3. The van der Waals surface area contributed by atoms with E-state index >= 15 is 0 Å². The monoisotopic (exact) mass is 575 g/mol. The number of carbonyl (C=O) groups excluding carboxylic acids is 1. The molecule has 0 bridgehead atoms. The van der Waals surface area contributed by atoms with Crippen LogP contribution in [0.3, 0.4) is 0 Å². The van der Waals surface area contributed by atoms with Gasteiger partial charge in [-0.25, -0.2) is 13.1 Å². The highest BCUT2D eigenvalue weighted by molar-refractivity contribution is 7.90. The molecule has 2 aliphatic rings. The number of nitrogens with two attached hydrogens (primary N) is 1. The average molecular weight is 576 g/mol. The van der Waals surface area contributed by atoms with E-state index in [0.717, 1.165) is 49.5 Å². The van der Waals surface area contributed by atoms with Gasteiger partial charge in [0.2, 0.25) is 0 Å². The van der Waals surface area contributed by atoms with Crippen LogP contribution in [0.25, 0.3) is 11.1 Å². The number of hydrogen-bond acceptors (Lipinski definition) is 5. The number of hydrogen-bond donors (Lipinski definition) is 2. The van der Waals surface area contributed by atoms with Gasteiger partial charge in [0.05, 0.1) is 4.90 Å². The van der Waals surface area contributed by atoms with Crippen molar-refractivity contribution in [1.82, 2.24) is 9.62 Å². The molecule has 0 saturated carbocycles. The molecule has 3 N–H and O–H groups in total. The van der Waals surface area contributed by atoms with E-state index in [1.807, 2.05) is 24.3 Å².